The standard InChI is InChI=1S/C19H16N2.C18H16.C13H12S.C10H8.C2H6/c20-15-9-6-13(7-10-15)14-8-11-19-17(12-14)16-4-2-1-3-5-18(16)21-19;1-3-7-15(8-4-1)17-11-13-18(14-12-17)16-9-5-2-6-10-16;1-11-7-3-2-4-8-12-9-5-6-10-13(12)14-11;1-2-6-10-8-4-3-7-9(10)5-1;1-2/h1-3,5-12,21H,4,20H2;1-5,7-9,11-14H,6,10H2;2-7,9-10H,1,8H2;1-8H;1-2H3/b;;4-2-,7-3-;;. The van der Waals surface area contributed by atoms with E-state index in [0.29, 0.717) is 0 Å². The van der Waals surface area contributed by atoms with Crippen LogP contribution >= 0.6 is 11.8 Å². The maximum Gasteiger partial charge on any atom is 0.0462 e. The highest BCUT2D eigenvalue weighted by Crippen LogP contribution is 2.32. The van der Waals surface area contributed by atoms with Gasteiger partial charge in [0, 0.05) is 32.1 Å². The van der Waals surface area contributed by atoms with E-state index in [4.69, 9.17) is 5.73 Å². The molecule has 1 aromatic heterocycles. The fourth-order valence-electron chi connectivity index (χ4n) is 7.77. The molecule has 1 aliphatic heterocycles. The molecule has 0 atom stereocenters. The number of hydrogen-bond donors (Lipinski definition) is 2. The quantitative estimate of drug-likeness (QED) is 0.174. The summed E-state index contributed by atoms with van der Waals surface area (Å²) in [6.07, 6.45) is 27.8. The summed E-state index contributed by atoms with van der Waals surface area (Å²) in [6, 6.07) is 59.2. The molecule has 11 rings (SSSR count). The van der Waals surface area contributed by atoms with Crippen LogP contribution in [0.4, 0.5) is 5.69 Å². The van der Waals surface area contributed by atoms with E-state index in [1.807, 2.05) is 38.1 Å². The monoisotopic (exact) mass is 862 g/mol. The maximum atomic E-state index is 5.77. The average molecular weight is 863 g/mol. The number of benzene rings is 7. The van der Waals surface area contributed by atoms with E-state index in [1.54, 1.807) is 11.8 Å². The molecular weight excluding hydrogens is 805 g/mol. The van der Waals surface area contributed by atoms with Crippen molar-refractivity contribution in [3.63, 3.8) is 0 Å². The van der Waals surface area contributed by atoms with Crippen molar-refractivity contribution in [1.82, 2.24) is 4.98 Å². The lowest BCUT2D eigenvalue weighted by Crippen LogP contribution is -1.88. The van der Waals surface area contributed by atoms with Gasteiger partial charge in [-0.15, -0.1) is 0 Å². The fourth-order valence-corrected chi connectivity index (χ4v) is 8.63. The van der Waals surface area contributed by atoms with Crippen molar-refractivity contribution in [3.05, 3.63) is 264 Å². The molecule has 3 N–H and O–H groups in total. The summed E-state index contributed by atoms with van der Waals surface area (Å²) in [5, 5.41) is 3.92. The zero-order valence-electron chi connectivity index (χ0n) is 37.5. The minimum Gasteiger partial charge on any atom is -0.399 e. The predicted octanol–water partition coefficient (Wildman–Crippen LogP) is 17.5. The number of thioether (sulfide) groups is 1. The van der Waals surface area contributed by atoms with Gasteiger partial charge in [0.25, 0.3) is 0 Å². The molecule has 7 aromatic carbocycles. The van der Waals surface area contributed by atoms with Crippen molar-refractivity contribution in [2.45, 2.75) is 44.4 Å². The number of nitrogens with two attached hydrogens (primary N) is 1. The number of allylic oxidation sites excluding steroid dienone is 11. The van der Waals surface area contributed by atoms with Gasteiger partial charge in [-0.25, -0.2) is 0 Å². The van der Waals surface area contributed by atoms with Crippen LogP contribution < -0.4 is 5.73 Å². The van der Waals surface area contributed by atoms with Gasteiger partial charge in [0.05, 0.1) is 0 Å². The first-order chi connectivity index (χ1) is 32.1. The van der Waals surface area contributed by atoms with Crippen LogP contribution in [-0.2, 0) is 12.8 Å². The zero-order valence-corrected chi connectivity index (χ0v) is 38.4. The summed E-state index contributed by atoms with van der Waals surface area (Å²) >= 11 is 1.74. The molecule has 3 aliphatic rings. The van der Waals surface area contributed by atoms with E-state index in [9.17, 15) is 0 Å². The summed E-state index contributed by atoms with van der Waals surface area (Å²) < 4.78 is 0. The zero-order chi connectivity index (χ0) is 45.1. The Bertz CT molecular complexity index is 2910. The maximum absolute atomic E-state index is 5.77. The van der Waals surface area contributed by atoms with Gasteiger partial charge < -0.3 is 10.7 Å². The van der Waals surface area contributed by atoms with E-state index < -0.39 is 0 Å². The first kappa shape index (κ1) is 45.7. The molecule has 0 radical (unpaired) electrons. The molecular formula is C62H58N2S. The van der Waals surface area contributed by atoms with Gasteiger partial charge in [0.2, 0.25) is 0 Å². The third-order valence-electron chi connectivity index (χ3n) is 11.1. The fraction of sp³-hybridized carbons (Fsp3) is 0.0968. The lowest BCUT2D eigenvalue weighted by Gasteiger charge is -2.10. The van der Waals surface area contributed by atoms with Crippen LogP contribution in [0, 0.1) is 0 Å². The second-order valence-corrected chi connectivity index (χ2v) is 16.7. The van der Waals surface area contributed by atoms with Crippen LogP contribution in [0.25, 0.3) is 55.6 Å². The molecule has 0 saturated heterocycles. The minimum atomic E-state index is 0.797. The summed E-state index contributed by atoms with van der Waals surface area (Å²) in [5.74, 6) is 0. The molecule has 0 spiro atoms. The summed E-state index contributed by atoms with van der Waals surface area (Å²) in [5.41, 5.74) is 19.5. The smallest absolute Gasteiger partial charge is 0.0462 e. The molecule has 322 valence electrons. The number of fused-ring (bicyclic) bond motifs is 5. The Morgan fingerprint density at radius 1 is 0.523 bits per heavy atom. The Labute approximate surface area is 390 Å². The van der Waals surface area contributed by atoms with Gasteiger partial charge in [-0.05, 0) is 123 Å². The highest BCUT2D eigenvalue weighted by atomic mass is 32.2. The Hall–Kier alpha value is -7.33. The van der Waals surface area contributed by atoms with Crippen molar-refractivity contribution in [1.29, 1.82) is 0 Å². The summed E-state index contributed by atoms with van der Waals surface area (Å²) in [4.78, 5) is 5.90. The molecule has 3 heteroatoms. The average Bonchev–Trinajstić information content (AvgIpc) is 3.60. The number of hydrogen-bond acceptors (Lipinski definition) is 2. The second kappa shape index (κ2) is 23.9. The lowest BCUT2D eigenvalue weighted by atomic mass is 9.95. The molecule has 0 saturated carbocycles. The van der Waals surface area contributed by atoms with Gasteiger partial charge in [-0.3, -0.25) is 0 Å². The molecule has 0 amide bonds. The van der Waals surface area contributed by atoms with E-state index in [0.717, 1.165) is 36.3 Å². The number of aromatic nitrogens is 1. The second-order valence-electron chi connectivity index (χ2n) is 15.5. The van der Waals surface area contributed by atoms with Gasteiger partial charge in [-0.2, -0.15) is 0 Å². The largest absolute Gasteiger partial charge is 0.399 e. The van der Waals surface area contributed by atoms with Gasteiger partial charge in [-0.1, -0.05) is 226 Å². The SMILES string of the molecule is C1=CCCC(c2ccc(-c3ccccc3)cc2)=C1.C=C1/C=C\C=C/Cc2ccccc2S1.CC.Nc1ccc(-c2ccc3[nH]c4c(c3c2)CC=CC=C4)cc1.c1ccc2ccccc2c1. The summed E-state index contributed by atoms with van der Waals surface area (Å²) in [7, 11) is 0. The number of H-pyrrole nitrogens is 1. The minimum absolute atomic E-state index is 0.797. The molecule has 8 aromatic rings. The van der Waals surface area contributed by atoms with Crippen LogP contribution in [0.2, 0.25) is 0 Å². The number of rotatable bonds is 3. The van der Waals surface area contributed by atoms with E-state index in [1.165, 1.54) is 76.8 Å². The first-order valence-corrected chi connectivity index (χ1v) is 23.5. The number of nitrogen functional groups attached to an aromatic ring is 1. The first-order valence-electron chi connectivity index (χ1n) is 22.6. The van der Waals surface area contributed by atoms with Crippen LogP contribution in [0.15, 0.2) is 247 Å². The van der Waals surface area contributed by atoms with Crippen molar-refractivity contribution in [2.24, 2.45) is 0 Å². The lowest BCUT2D eigenvalue weighted by molar-refractivity contribution is 1.05. The van der Waals surface area contributed by atoms with Crippen molar-refractivity contribution in [3.8, 4) is 22.3 Å². The molecule has 0 bridgehead atoms. The van der Waals surface area contributed by atoms with Crippen LogP contribution in [0.5, 0.6) is 0 Å². The van der Waals surface area contributed by atoms with Crippen LogP contribution in [0.1, 0.15) is 49.1 Å². The van der Waals surface area contributed by atoms with E-state index in [2.05, 4.69) is 224 Å². The Kier molecular flexibility index (Phi) is 16.8. The highest BCUT2D eigenvalue weighted by Gasteiger charge is 2.11. The third-order valence-corrected chi connectivity index (χ3v) is 12.1. The number of aromatic amines is 1. The molecule has 0 unspecified atom stereocenters. The van der Waals surface area contributed by atoms with Crippen molar-refractivity contribution < 1.29 is 0 Å². The number of anilines is 1. The Balaban J connectivity index is 0.000000131. The van der Waals surface area contributed by atoms with E-state index in [-0.39, 0.29) is 0 Å². The third kappa shape index (κ3) is 12.9. The number of nitrogens with one attached hydrogen (secondary N) is 1. The van der Waals surface area contributed by atoms with Gasteiger partial charge in [0.15, 0.2) is 0 Å². The van der Waals surface area contributed by atoms with Gasteiger partial charge in [0.1, 0.15) is 0 Å². The molecule has 65 heavy (non-hydrogen) atoms. The van der Waals surface area contributed by atoms with Crippen LogP contribution in [0.3, 0.4) is 0 Å². The Morgan fingerprint density at radius 3 is 1.78 bits per heavy atom. The summed E-state index contributed by atoms with van der Waals surface area (Å²) in [6.45, 7) is 8.00. The normalized spacial score (nSPS) is 14.2. The molecule has 2 nitrogen and oxygen atoms in total. The predicted molar refractivity (Wildman–Crippen MR) is 287 cm³/mol. The van der Waals surface area contributed by atoms with E-state index >= 15 is 0 Å². The molecule has 2 heterocycles. The molecule has 0 fully saturated rings. The highest BCUT2D eigenvalue weighted by molar-refractivity contribution is 8.03. The van der Waals surface area contributed by atoms with Crippen LogP contribution in [-0.4, -0.2) is 4.98 Å². The Morgan fingerprint density at radius 2 is 1.09 bits per heavy atom. The topological polar surface area (TPSA) is 41.8 Å². The van der Waals surface area contributed by atoms with Crippen molar-refractivity contribution in [2.75, 3.05) is 5.73 Å². The molecule has 2 aliphatic carbocycles. The van der Waals surface area contributed by atoms with Crippen molar-refractivity contribution >= 4 is 50.8 Å². The van der Waals surface area contributed by atoms with Gasteiger partial charge >= 0.3 is 0 Å².